The van der Waals surface area contributed by atoms with E-state index in [9.17, 15) is 9.90 Å². The highest BCUT2D eigenvalue weighted by Crippen LogP contribution is 2.31. The third-order valence-corrected chi connectivity index (χ3v) is 4.26. The molecule has 2 aromatic rings. The summed E-state index contributed by atoms with van der Waals surface area (Å²) in [5.74, 6) is 0.773. The first-order valence-electron chi connectivity index (χ1n) is 7.02. The van der Waals surface area contributed by atoms with Crippen molar-refractivity contribution in [2.24, 2.45) is 0 Å². The smallest absolute Gasteiger partial charge is 0.163 e. The highest BCUT2D eigenvalue weighted by molar-refractivity contribution is 7.98. The molecule has 110 valence electrons. The van der Waals surface area contributed by atoms with Crippen LogP contribution in [0.5, 0.6) is 5.75 Å². The quantitative estimate of drug-likeness (QED) is 0.640. The third-order valence-electron chi connectivity index (χ3n) is 3.27. The second-order valence-electron chi connectivity index (χ2n) is 4.86. The second kappa shape index (κ2) is 7.27. The maximum absolute atomic E-state index is 11.5. The number of thioether (sulfide) groups is 1. The molecule has 0 aliphatic heterocycles. The van der Waals surface area contributed by atoms with Crippen LogP contribution in [0.1, 0.15) is 41.8 Å². The molecule has 4 heteroatoms. The van der Waals surface area contributed by atoms with Crippen molar-refractivity contribution in [1.82, 2.24) is 4.98 Å². The number of aromatic nitrogens is 1. The number of pyridine rings is 1. The molecule has 0 aliphatic carbocycles. The lowest BCUT2D eigenvalue weighted by atomic mass is 9.98. The van der Waals surface area contributed by atoms with E-state index in [-0.39, 0.29) is 11.5 Å². The average molecular weight is 301 g/mol. The second-order valence-corrected chi connectivity index (χ2v) is 5.86. The number of carbonyl (C=O) groups is 1. The van der Waals surface area contributed by atoms with Gasteiger partial charge in [-0.15, -0.1) is 11.8 Å². The number of Topliss-reactive ketones (excluding diaryl/α,β-unsaturated/α-hetero) is 1. The molecule has 0 amide bonds. The Labute approximate surface area is 129 Å². The Hall–Kier alpha value is -1.81. The maximum Gasteiger partial charge on any atom is 0.163 e. The van der Waals surface area contributed by atoms with Crippen LogP contribution in [0, 0.1) is 0 Å². The molecule has 0 fully saturated rings. The summed E-state index contributed by atoms with van der Waals surface area (Å²) in [5.41, 5.74) is 2.36. The van der Waals surface area contributed by atoms with Gasteiger partial charge in [0.15, 0.2) is 5.78 Å². The number of ketones is 1. The van der Waals surface area contributed by atoms with Gasteiger partial charge in [-0.3, -0.25) is 4.79 Å². The molecule has 0 saturated heterocycles. The van der Waals surface area contributed by atoms with Gasteiger partial charge >= 0.3 is 0 Å². The van der Waals surface area contributed by atoms with Crippen LogP contribution in [0.25, 0.3) is 0 Å². The predicted molar refractivity (Wildman–Crippen MR) is 85.9 cm³/mol. The Morgan fingerprint density at radius 2 is 2.10 bits per heavy atom. The zero-order valence-corrected chi connectivity index (χ0v) is 13.1. The van der Waals surface area contributed by atoms with E-state index in [1.54, 1.807) is 24.0 Å². The van der Waals surface area contributed by atoms with Crippen molar-refractivity contribution in [2.45, 2.75) is 37.5 Å². The van der Waals surface area contributed by atoms with Crippen molar-refractivity contribution in [3.8, 4) is 5.75 Å². The average Bonchev–Trinajstić information content (AvgIpc) is 2.48. The minimum absolute atomic E-state index is 0.103. The maximum atomic E-state index is 11.5. The summed E-state index contributed by atoms with van der Waals surface area (Å²) >= 11 is 1.63. The van der Waals surface area contributed by atoms with Crippen LogP contribution >= 0.6 is 11.8 Å². The third kappa shape index (κ3) is 3.85. The fourth-order valence-corrected chi connectivity index (χ4v) is 3.09. The zero-order valence-electron chi connectivity index (χ0n) is 12.3. The summed E-state index contributed by atoms with van der Waals surface area (Å²) in [5, 5.41) is 11.3. The van der Waals surface area contributed by atoms with E-state index in [1.807, 2.05) is 24.3 Å². The van der Waals surface area contributed by atoms with Gasteiger partial charge in [-0.2, -0.15) is 0 Å². The van der Waals surface area contributed by atoms with Gasteiger partial charge in [0.25, 0.3) is 0 Å². The van der Waals surface area contributed by atoms with Gasteiger partial charge in [0.1, 0.15) is 5.75 Å². The van der Waals surface area contributed by atoms with Gasteiger partial charge < -0.3 is 5.11 Å². The highest BCUT2D eigenvalue weighted by atomic mass is 32.2. The normalized spacial score (nSPS) is 10.6. The van der Waals surface area contributed by atoms with Crippen LogP contribution in [0.4, 0.5) is 0 Å². The van der Waals surface area contributed by atoms with Crippen molar-refractivity contribution in [3.63, 3.8) is 0 Å². The van der Waals surface area contributed by atoms with E-state index < -0.39 is 0 Å². The Morgan fingerprint density at radius 3 is 2.71 bits per heavy atom. The molecule has 0 atom stereocenters. The summed E-state index contributed by atoms with van der Waals surface area (Å²) in [6.07, 6.45) is 3.47. The highest BCUT2D eigenvalue weighted by Gasteiger charge is 2.15. The van der Waals surface area contributed by atoms with Crippen molar-refractivity contribution in [3.05, 3.63) is 53.2 Å². The van der Waals surface area contributed by atoms with Crippen molar-refractivity contribution >= 4 is 17.5 Å². The Kier molecular flexibility index (Phi) is 5.39. The molecule has 1 aromatic carbocycles. The number of hydrogen-bond donors (Lipinski definition) is 1. The lowest BCUT2D eigenvalue weighted by Crippen LogP contribution is -2.00. The number of carbonyl (C=O) groups excluding carboxylic acids is 1. The number of nitrogens with zero attached hydrogens (tertiary/aromatic N) is 1. The van der Waals surface area contributed by atoms with Crippen LogP contribution in [0.3, 0.4) is 0 Å². The van der Waals surface area contributed by atoms with Crippen molar-refractivity contribution in [2.75, 3.05) is 0 Å². The van der Waals surface area contributed by atoms with Gasteiger partial charge in [-0.05, 0) is 42.7 Å². The molecular weight excluding hydrogens is 282 g/mol. The number of benzene rings is 1. The molecule has 0 unspecified atom stereocenters. The Morgan fingerprint density at radius 1 is 1.29 bits per heavy atom. The van der Waals surface area contributed by atoms with Crippen molar-refractivity contribution < 1.29 is 9.90 Å². The van der Waals surface area contributed by atoms with Gasteiger partial charge in [0, 0.05) is 11.9 Å². The number of hydrogen-bond acceptors (Lipinski definition) is 4. The summed E-state index contributed by atoms with van der Waals surface area (Å²) < 4.78 is 0. The van der Waals surface area contributed by atoms with E-state index >= 15 is 0 Å². The van der Waals surface area contributed by atoms with Gasteiger partial charge in [-0.1, -0.05) is 25.5 Å². The van der Waals surface area contributed by atoms with E-state index in [2.05, 4.69) is 11.9 Å². The summed E-state index contributed by atoms with van der Waals surface area (Å²) in [7, 11) is 0. The predicted octanol–water partition coefficient (Wildman–Crippen LogP) is 4.23. The molecule has 0 aliphatic rings. The number of phenolic OH excluding ortho intramolecular Hbond substituents is 1. The van der Waals surface area contributed by atoms with Gasteiger partial charge in [0.2, 0.25) is 0 Å². The molecule has 21 heavy (non-hydrogen) atoms. The fourth-order valence-electron chi connectivity index (χ4n) is 2.21. The van der Waals surface area contributed by atoms with Crippen LogP contribution in [0.2, 0.25) is 0 Å². The SMILES string of the molecule is CCCc1c(CSc2ccccn2)ccc(C(C)=O)c1O. The summed E-state index contributed by atoms with van der Waals surface area (Å²) in [4.78, 5) is 15.8. The fraction of sp³-hybridized carbons (Fsp3) is 0.294. The molecule has 0 saturated carbocycles. The number of aromatic hydroxyl groups is 1. The van der Waals surface area contributed by atoms with E-state index in [1.165, 1.54) is 6.92 Å². The van der Waals surface area contributed by atoms with E-state index in [0.29, 0.717) is 5.56 Å². The lowest BCUT2D eigenvalue weighted by molar-refractivity contribution is 0.101. The minimum Gasteiger partial charge on any atom is -0.507 e. The van der Waals surface area contributed by atoms with Crippen LogP contribution in [-0.4, -0.2) is 15.9 Å². The molecule has 1 N–H and O–H groups in total. The Balaban J connectivity index is 2.26. The van der Waals surface area contributed by atoms with E-state index in [4.69, 9.17) is 0 Å². The van der Waals surface area contributed by atoms with Crippen LogP contribution < -0.4 is 0 Å². The summed E-state index contributed by atoms with van der Waals surface area (Å²) in [6, 6.07) is 9.47. The molecule has 0 bridgehead atoms. The molecule has 1 aromatic heterocycles. The van der Waals surface area contributed by atoms with Crippen LogP contribution in [-0.2, 0) is 12.2 Å². The first kappa shape index (κ1) is 15.6. The first-order chi connectivity index (χ1) is 10.1. The topological polar surface area (TPSA) is 50.2 Å². The van der Waals surface area contributed by atoms with Gasteiger partial charge in [0.05, 0.1) is 10.6 Å². The number of phenols is 1. The van der Waals surface area contributed by atoms with Crippen molar-refractivity contribution in [1.29, 1.82) is 0 Å². The monoisotopic (exact) mass is 301 g/mol. The first-order valence-corrected chi connectivity index (χ1v) is 8.00. The van der Waals surface area contributed by atoms with E-state index in [0.717, 1.165) is 34.7 Å². The molecule has 2 rings (SSSR count). The zero-order chi connectivity index (χ0) is 15.2. The summed E-state index contributed by atoms with van der Waals surface area (Å²) in [6.45, 7) is 3.54. The number of rotatable bonds is 6. The largest absolute Gasteiger partial charge is 0.507 e. The molecule has 3 nitrogen and oxygen atoms in total. The molecule has 0 spiro atoms. The minimum atomic E-state index is -0.103. The molecule has 1 heterocycles. The molecular formula is C17H19NO2S. The molecule has 0 radical (unpaired) electrons. The van der Waals surface area contributed by atoms with Gasteiger partial charge in [-0.25, -0.2) is 4.98 Å². The Bertz CT molecular complexity index is 626. The van der Waals surface area contributed by atoms with Crippen LogP contribution in [0.15, 0.2) is 41.6 Å². The lowest BCUT2D eigenvalue weighted by Gasteiger charge is -2.13. The standard InChI is InChI=1S/C17H19NO2S/c1-3-6-15-13(8-9-14(12(2)19)17(15)20)11-21-16-7-4-5-10-18-16/h4-5,7-10,20H,3,6,11H2,1-2H3.